The monoisotopic (exact) mass is 447 g/mol. The van der Waals surface area contributed by atoms with E-state index in [1.54, 1.807) is 18.2 Å². The molecule has 0 radical (unpaired) electrons. The molecule has 0 saturated heterocycles. The standard InChI is InChI=1S/C25H19Cl2N3O/c1-15-3-6-17(7-4-15)14-31-24-20(26)11-18(12-21(24)27)10-19(13-28)25-29-22-8-5-16(2)9-23(22)30-25/h3-12H,14H2,1-2H3,(H,29,30)/b19-10-. The summed E-state index contributed by atoms with van der Waals surface area (Å²) in [5.41, 5.74) is 6.08. The number of nitrogens with zero attached hydrogens (tertiary/aromatic N) is 2. The Kier molecular flexibility index (Phi) is 5.99. The number of imidazole rings is 1. The van der Waals surface area contributed by atoms with Gasteiger partial charge in [0.25, 0.3) is 0 Å². The number of aromatic amines is 1. The topological polar surface area (TPSA) is 61.7 Å². The summed E-state index contributed by atoms with van der Waals surface area (Å²) in [7, 11) is 0. The lowest BCUT2D eigenvalue weighted by atomic mass is 10.1. The molecule has 1 aromatic heterocycles. The fourth-order valence-corrected chi connectivity index (χ4v) is 3.82. The molecule has 4 aromatic rings. The van der Waals surface area contributed by atoms with Crippen LogP contribution in [-0.4, -0.2) is 9.97 Å². The zero-order valence-electron chi connectivity index (χ0n) is 17.0. The SMILES string of the molecule is Cc1ccc(COc2c(Cl)cc(/C=C(/C#N)c3nc4ccc(C)cc4[nH]3)cc2Cl)cc1. The molecule has 31 heavy (non-hydrogen) atoms. The Morgan fingerprint density at radius 2 is 1.71 bits per heavy atom. The fraction of sp³-hybridized carbons (Fsp3) is 0.120. The minimum absolute atomic E-state index is 0.358. The first-order valence-corrected chi connectivity index (χ1v) is 10.4. The first-order chi connectivity index (χ1) is 14.9. The molecule has 1 N–H and O–H groups in total. The van der Waals surface area contributed by atoms with Gasteiger partial charge in [-0.3, -0.25) is 0 Å². The number of allylic oxidation sites excluding steroid dienone is 1. The third-order valence-corrected chi connectivity index (χ3v) is 5.41. The van der Waals surface area contributed by atoms with E-state index in [2.05, 4.69) is 16.0 Å². The predicted octanol–water partition coefficient (Wildman–Crippen LogP) is 7.13. The van der Waals surface area contributed by atoms with E-state index in [1.165, 1.54) is 5.56 Å². The molecule has 4 rings (SSSR count). The van der Waals surface area contributed by atoms with Crippen molar-refractivity contribution in [2.45, 2.75) is 20.5 Å². The van der Waals surface area contributed by atoms with Crippen molar-refractivity contribution in [3.63, 3.8) is 0 Å². The zero-order chi connectivity index (χ0) is 22.0. The van der Waals surface area contributed by atoms with E-state index in [1.807, 2.05) is 56.3 Å². The molecule has 4 nitrogen and oxygen atoms in total. The molecule has 0 aliphatic heterocycles. The van der Waals surface area contributed by atoms with Crippen LogP contribution in [0.1, 0.15) is 28.1 Å². The molecule has 0 amide bonds. The Hall–Kier alpha value is -3.26. The van der Waals surface area contributed by atoms with E-state index < -0.39 is 0 Å². The number of aromatic nitrogens is 2. The number of fused-ring (bicyclic) bond motifs is 1. The second-order valence-corrected chi connectivity index (χ2v) is 8.18. The molecule has 6 heteroatoms. The molecule has 3 aromatic carbocycles. The van der Waals surface area contributed by atoms with Crippen LogP contribution in [0.15, 0.2) is 54.6 Å². The summed E-state index contributed by atoms with van der Waals surface area (Å²) in [5, 5.41) is 10.4. The first kappa shape index (κ1) is 21.0. The summed E-state index contributed by atoms with van der Waals surface area (Å²) in [6.07, 6.45) is 1.70. The molecule has 0 aliphatic carbocycles. The van der Waals surface area contributed by atoms with Crippen LogP contribution in [0.5, 0.6) is 5.75 Å². The van der Waals surface area contributed by atoms with Crippen LogP contribution in [0.25, 0.3) is 22.7 Å². The molecule has 0 saturated carbocycles. The van der Waals surface area contributed by atoms with Gasteiger partial charge in [-0.2, -0.15) is 5.26 Å². The molecular weight excluding hydrogens is 429 g/mol. The number of aryl methyl sites for hydroxylation is 2. The molecule has 0 unspecified atom stereocenters. The minimum atomic E-state index is 0.358. The summed E-state index contributed by atoms with van der Waals surface area (Å²) in [6, 6.07) is 19.6. The number of nitriles is 1. The largest absolute Gasteiger partial charge is 0.486 e. The van der Waals surface area contributed by atoms with E-state index in [4.69, 9.17) is 27.9 Å². The number of nitrogens with one attached hydrogen (secondary N) is 1. The normalized spacial score (nSPS) is 11.5. The van der Waals surface area contributed by atoms with Gasteiger partial charge >= 0.3 is 0 Å². The maximum atomic E-state index is 9.67. The lowest BCUT2D eigenvalue weighted by molar-refractivity contribution is 0.306. The third-order valence-electron chi connectivity index (χ3n) is 4.85. The average Bonchev–Trinajstić information content (AvgIpc) is 3.15. The van der Waals surface area contributed by atoms with Gasteiger partial charge in [-0.05, 0) is 60.9 Å². The van der Waals surface area contributed by atoms with Crippen molar-refractivity contribution in [2.75, 3.05) is 0 Å². The maximum Gasteiger partial charge on any atom is 0.157 e. The number of rotatable bonds is 5. The van der Waals surface area contributed by atoms with Gasteiger partial charge in [0.05, 0.1) is 26.7 Å². The van der Waals surface area contributed by atoms with Crippen molar-refractivity contribution in [1.29, 1.82) is 5.26 Å². The molecule has 0 spiro atoms. The minimum Gasteiger partial charge on any atom is -0.486 e. The number of hydrogen-bond acceptors (Lipinski definition) is 3. The van der Waals surface area contributed by atoms with Crippen LogP contribution in [0.3, 0.4) is 0 Å². The summed E-state index contributed by atoms with van der Waals surface area (Å²) in [6.45, 7) is 4.40. The maximum absolute atomic E-state index is 9.67. The third kappa shape index (κ3) is 4.74. The van der Waals surface area contributed by atoms with Gasteiger partial charge in [-0.1, -0.05) is 59.1 Å². The highest BCUT2D eigenvalue weighted by Gasteiger charge is 2.12. The molecule has 1 heterocycles. The Balaban J connectivity index is 1.60. The van der Waals surface area contributed by atoms with Gasteiger partial charge in [0.1, 0.15) is 18.5 Å². The quantitative estimate of drug-likeness (QED) is 0.331. The number of halogens is 2. The van der Waals surface area contributed by atoms with Crippen LogP contribution in [-0.2, 0) is 6.61 Å². The molecule has 0 atom stereocenters. The predicted molar refractivity (Wildman–Crippen MR) is 126 cm³/mol. The van der Waals surface area contributed by atoms with Gasteiger partial charge in [0.15, 0.2) is 5.75 Å². The summed E-state index contributed by atoms with van der Waals surface area (Å²) < 4.78 is 5.85. The lowest BCUT2D eigenvalue weighted by Gasteiger charge is -2.11. The van der Waals surface area contributed by atoms with E-state index in [0.717, 1.165) is 22.2 Å². The van der Waals surface area contributed by atoms with E-state index in [-0.39, 0.29) is 0 Å². The van der Waals surface area contributed by atoms with Crippen molar-refractivity contribution < 1.29 is 4.74 Å². The highest BCUT2D eigenvalue weighted by Crippen LogP contribution is 2.36. The smallest absolute Gasteiger partial charge is 0.157 e. The average molecular weight is 448 g/mol. The van der Waals surface area contributed by atoms with Crippen LogP contribution >= 0.6 is 23.2 Å². The van der Waals surface area contributed by atoms with Crippen LogP contribution in [0.4, 0.5) is 0 Å². The molecule has 0 fully saturated rings. The highest BCUT2D eigenvalue weighted by atomic mass is 35.5. The molecule has 154 valence electrons. The molecule has 0 aliphatic rings. The Morgan fingerprint density at radius 3 is 2.39 bits per heavy atom. The van der Waals surface area contributed by atoms with Crippen molar-refractivity contribution in [3.8, 4) is 11.8 Å². The second kappa shape index (κ2) is 8.85. The van der Waals surface area contributed by atoms with Gasteiger partial charge in [-0.15, -0.1) is 0 Å². The zero-order valence-corrected chi connectivity index (χ0v) is 18.6. The van der Waals surface area contributed by atoms with E-state index in [9.17, 15) is 5.26 Å². The van der Waals surface area contributed by atoms with Gasteiger partial charge in [0, 0.05) is 0 Å². The number of ether oxygens (including phenoxy) is 1. The number of H-pyrrole nitrogens is 1. The Labute approximate surface area is 190 Å². The summed E-state index contributed by atoms with van der Waals surface area (Å²) in [5.74, 6) is 0.911. The number of benzene rings is 3. The van der Waals surface area contributed by atoms with Crippen LogP contribution in [0, 0.1) is 25.2 Å². The Morgan fingerprint density at radius 1 is 1.03 bits per heavy atom. The van der Waals surface area contributed by atoms with Crippen LogP contribution in [0.2, 0.25) is 10.0 Å². The van der Waals surface area contributed by atoms with E-state index >= 15 is 0 Å². The van der Waals surface area contributed by atoms with Crippen molar-refractivity contribution in [2.24, 2.45) is 0 Å². The van der Waals surface area contributed by atoms with E-state index in [0.29, 0.717) is 39.4 Å². The van der Waals surface area contributed by atoms with Crippen molar-refractivity contribution in [3.05, 3.63) is 92.7 Å². The van der Waals surface area contributed by atoms with Gasteiger partial charge in [0.2, 0.25) is 0 Å². The van der Waals surface area contributed by atoms with Crippen molar-refractivity contribution >= 4 is 45.9 Å². The van der Waals surface area contributed by atoms with Gasteiger partial charge in [-0.25, -0.2) is 4.98 Å². The highest BCUT2D eigenvalue weighted by molar-refractivity contribution is 6.37. The summed E-state index contributed by atoms with van der Waals surface area (Å²) in [4.78, 5) is 7.71. The van der Waals surface area contributed by atoms with Gasteiger partial charge < -0.3 is 9.72 Å². The lowest BCUT2D eigenvalue weighted by Crippen LogP contribution is -1.97. The molecular formula is C25H19Cl2N3O. The number of hydrogen-bond donors (Lipinski definition) is 1. The van der Waals surface area contributed by atoms with Crippen LogP contribution < -0.4 is 4.74 Å². The summed E-state index contributed by atoms with van der Waals surface area (Å²) >= 11 is 12.9. The second-order valence-electron chi connectivity index (χ2n) is 7.36. The molecule has 0 bridgehead atoms. The fourth-order valence-electron chi connectivity index (χ4n) is 3.21. The first-order valence-electron chi connectivity index (χ1n) is 9.69. The Bertz CT molecular complexity index is 1310. The van der Waals surface area contributed by atoms with Crippen molar-refractivity contribution in [1.82, 2.24) is 9.97 Å².